The average Bonchev–Trinajstić information content (AvgIpc) is 2.46. The van der Waals surface area contributed by atoms with Crippen LogP contribution in [-0.4, -0.2) is 5.78 Å². The Bertz CT molecular complexity index is 648. The lowest BCUT2D eigenvalue weighted by Crippen LogP contribution is -2.07. The van der Waals surface area contributed by atoms with Gasteiger partial charge in [0.15, 0.2) is 5.78 Å². The van der Waals surface area contributed by atoms with Gasteiger partial charge in [0, 0.05) is 6.42 Å². The second-order valence-corrected chi connectivity index (χ2v) is 4.37. The first-order valence-electron chi connectivity index (χ1n) is 6.39. The molecule has 110 valence electrons. The maximum Gasteiger partial charge on any atom is 0.419 e. The molecule has 0 aromatic heterocycles. The van der Waals surface area contributed by atoms with Crippen molar-refractivity contribution in [1.82, 2.24) is 0 Å². The second kappa shape index (κ2) is 5.99. The van der Waals surface area contributed by atoms with Gasteiger partial charge >= 0.3 is 6.18 Å². The van der Waals surface area contributed by atoms with Crippen LogP contribution in [0.4, 0.5) is 13.2 Å². The Balaban J connectivity index is 2.43. The first kappa shape index (κ1) is 15.1. The molecule has 0 aliphatic carbocycles. The Morgan fingerprint density at radius 2 is 1.57 bits per heavy atom. The minimum atomic E-state index is -4.51. The molecule has 0 N–H and O–H groups in total. The van der Waals surface area contributed by atoms with Gasteiger partial charge in [0.1, 0.15) is 11.5 Å². The van der Waals surface area contributed by atoms with Crippen LogP contribution in [0.2, 0.25) is 0 Å². The van der Waals surface area contributed by atoms with Crippen molar-refractivity contribution in [3.05, 3.63) is 59.7 Å². The van der Waals surface area contributed by atoms with Gasteiger partial charge in [-0.05, 0) is 24.3 Å². The molecule has 5 heteroatoms. The summed E-state index contributed by atoms with van der Waals surface area (Å²) >= 11 is 0. The molecule has 2 aromatic carbocycles. The average molecular weight is 294 g/mol. The van der Waals surface area contributed by atoms with Gasteiger partial charge in [0.2, 0.25) is 0 Å². The van der Waals surface area contributed by atoms with Gasteiger partial charge in [0.05, 0.1) is 11.1 Å². The highest BCUT2D eigenvalue weighted by molar-refractivity contribution is 5.98. The fourth-order valence-corrected chi connectivity index (χ4v) is 1.88. The first-order chi connectivity index (χ1) is 9.93. The highest BCUT2D eigenvalue weighted by Crippen LogP contribution is 2.38. The largest absolute Gasteiger partial charge is 0.456 e. The van der Waals surface area contributed by atoms with Gasteiger partial charge in [-0.15, -0.1) is 0 Å². The fourth-order valence-electron chi connectivity index (χ4n) is 1.88. The third-order valence-electron chi connectivity index (χ3n) is 2.92. The number of rotatable bonds is 4. The number of carbonyl (C=O) groups excluding carboxylic acids is 1. The van der Waals surface area contributed by atoms with Crippen LogP contribution in [0.5, 0.6) is 11.5 Å². The summed E-state index contributed by atoms with van der Waals surface area (Å²) in [4.78, 5) is 11.8. The molecular weight excluding hydrogens is 281 g/mol. The maximum absolute atomic E-state index is 12.9. The molecule has 0 aliphatic heterocycles. The van der Waals surface area contributed by atoms with Crippen LogP contribution in [-0.2, 0) is 6.18 Å². The van der Waals surface area contributed by atoms with Crippen molar-refractivity contribution in [2.45, 2.75) is 19.5 Å². The van der Waals surface area contributed by atoms with E-state index >= 15 is 0 Å². The Kier molecular flexibility index (Phi) is 4.31. The molecule has 0 aliphatic rings. The van der Waals surface area contributed by atoms with E-state index in [1.54, 1.807) is 19.1 Å². The smallest absolute Gasteiger partial charge is 0.419 e. The summed E-state index contributed by atoms with van der Waals surface area (Å²) < 4.78 is 44.1. The second-order valence-electron chi connectivity index (χ2n) is 4.37. The highest BCUT2D eigenvalue weighted by Gasteiger charge is 2.34. The molecule has 0 saturated carbocycles. The van der Waals surface area contributed by atoms with Crippen LogP contribution in [0, 0.1) is 0 Å². The van der Waals surface area contributed by atoms with Crippen molar-refractivity contribution < 1.29 is 22.7 Å². The molecule has 0 fully saturated rings. The van der Waals surface area contributed by atoms with Gasteiger partial charge in [-0.25, -0.2) is 0 Å². The number of halogens is 3. The van der Waals surface area contributed by atoms with Crippen molar-refractivity contribution in [3.63, 3.8) is 0 Å². The Morgan fingerprint density at radius 3 is 2.19 bits per heavy atom. The number of hydrogen-bond acceptors (Lipinski definition) is 2. The number of hydrogen-bond donors (Lipinski definition) is 0. The van der Waals surface area contributed by atoms with E-state index in [4.69, 9.17) is 4.74 Å². The third kappa shape index (κ3) is 3.42. The predicted molar refractivity (Wildman–Crippen MR) is 72.6 cm³/mol. The van der Waals surface area contributed by atoms with Crippen LogP contribution in [0.3, 0.4) is 0 Å². The van der Waals surface area contributed by atoms with Crippen LogP contribution >= 0.6 is 0 Å². The van der Waals surface area contributed by atoms with E-state index in [-0.39, 0.29) is 29.3 Å². The predicted octanol–water partition coefficient (Wildman–Crippen LogP) is 5.09. The van der Waals surface area contributed by atoms with E-state index in [0.29, 0.717) is 0 Å². The monoisotopic (exact) mass is 294 g/mol. The van der Waals surface area contributed by atoms with Gasteiger partial charge in [-0.3, -0.25) is 4.79 Å². The molecule has 2 aromatic rings. The molecule has 0 unspecified atom stereocenters. The zero-order valence-electron chi connectivity index (χ0n) is 11.3. The molecule has 0 amide bonds. The number of ether oxygens (including phenoxy) is 1. The third-order valence-corrected chi connectivity index (χ3v) is 2.92. The van der Waals surface area contributed by atoms with Gasteiger partial charge in [0.25, 0.3) is 0 Å². The van der Waals surface area contributed by atoms with Gasteiger partial charge < -0.3 is 4.74 Å². The van der Waals surface area contributed by atoms with Gasteiger partial charge in [-0.1, -0.05) is 31.2 Å². The van der Waals surface area contributed by atoms with Crippen LogP contribution in [0.25, 0.3) is 0 Å². The van der Waals surface area contributed by atoms with Crippen molar-refractivity contribution in [2.24, 2.45) is 0 Å². The molecule has 2 rings (SSSR count). The first-order valence-corrected chi connectivity index (χ1v) is 6.39. The van der Waals surface area contributed by atoms with Gasteiger partial charge in [-0.2, -0.15) is 13.2 Å². The molecule has 0 saturated heterocycles. The van der Waals surface area contributed by atoms with Crippen molar-refractivity contribution in [3.8, 4) is 11.5 Å². The summed E-state index contributed by atoms with van der Waals surface area (Å²) in [5.41, 5.74) is -0.597. The lowest BCUT2D eigenvalue weighted by atomic mass is 10.1. The maximum atomic E-state index is 12.9. The number of Topliss-reactive ketones (excluding diaryl/α,β-unsaturated/α-hetero) is 1. The Labute approximate surface area is 120 Å². The summed E-state index contributed by atoms with van der Waals surface area (Å²) in [5, 5.41) is 0. The van der Waals surface area contributed by atoms with Crippen molar-refractivity contribution >= 4 is 5.78 Å². The zero-order chi connectivity index (χ0) is 15.5. The molecular formula is C16H13F3O2. The lowest BCUT2D eigenvalue weighted by Gasteiger charge is -2.15. The summed E-state index contributed by atoms with van der Waals surface area (Å²) in [7, 11) is 0. The Morgan fingerprint density at radius 1 is 1.00 bits per heavy atom. The quantitative estimate of drug-likeness (QED) is 0.734. The van der Waals surface area contributed by atoms with E-state index in [0.717, 1.165) is 6.07 Å². The minimum absolute atomic E-state index is 0.126. The molecule has 0 bridgehead atoms. The van der Waals surface area contributed by atoms with Crippen LogP contribution in [0.15, 0.2) is 48.5 Å². The SMILES string of the molecule is CCC(=O)c1ccccc1Oc1ccccc1C(F)(F)F. The summed E-state index contributed by atoms with van der Waals surface area (Å²) in [6.45, 7) is 1.68. The van der Waals surface area contributed by atoms with Crippen molar-refractivity contribution in [1.29, 1.82) is 0 Å². The number of carbonyl (C=O) groups is 1. The number of para-hydroxylation sites is 2. The van der Waals surface area contributed by atoms with E-state index < -0.39 is 11.7 Å². The molecule has 2 nitrogen and oxygen atoms in total. The van der Waals surface area contributed by atoms with E-state index in [1.807, 2.05) is 0 Å². The molecule has 21 heavy (non-hydrogen) atoms. The van der Waals surface area contributed by atoms with E-state index in [2.05, 4.69) is 0 Å². The normalized spacial score (nSPS) is 11.2. The van der Waals surface area contributed by atoms with E-state index in [9.17, 15) is 18.0 Å². The van der Waals surface area contributed by atoms with E-state index in [1.165, 1.54) is 30.3 Å². The molecule has 0 atom stereocenters. The zero-order valence-corrected chi connectivity index (χ0v) is 11.3. The summed E-state index contributed by atoms with van der Waals surface area (Å²) in [6, 6.07) is 11.2. The molecule has 0 radical (unpaired) electrons. The van der Waals surface area contributed by atoms with Crippen LogP contribution < -0.4 is 4.74 Å². The standard InChI is InChI=1S/C16H13F3O2/c1-2-13(20)11-7-3-5-9-14(11)21-15-10-6-4-8-12(15)16(17,18)19/h3-10H,2H2,1H3. The molecule has 0 heterocycles. The molecule has 0 spiro atoms. The lowest BCUT2D eigenvalue weighted by molar-refractivity contribution is -0.138. The number of ketones is 1. The van der Waals surface area contributed by atoms with Crippen molar-refractivity contribution in [2.75, 3.05) is 0 Å². The highest BCUT2D eigenvalue weighted by atomic mass is 19.4. The fraction of sp³-hybridized carbons (Fsp3) is 0.188. The number of benzene rings is 2. The summed E-state index contributed by atoms with van der Waals surface area (Å²) in [5.74, 6) is -0.377. The minimum Gasteiger partial charge on any atom is -0.456 e. The number of alkyl halides is 3. The Hall–Kier alpha value is -2.30. The summed E-state index contributed by atoms with van der Waals surface area (Å²) in [6.07, 6.45) is -4.26. The topological polar surface area (TPSA) is 26.3 Å². The van der Waals surface area contributed by atoms with Crippen LogP contribution in [0.1, 0.15) is 29.3 Å².